The highest BCUT2D eigenvalue weighted by atomic mass is 19.3. The van der Waals surface area contributed by atoms with Crippen LogP contribution in [0.25, 0.3) is 11.4 Å². The van der Waals surface area contributed by atoms with Gasteiger partial charge in [-0.3, -0.25) is 5.84 Å². The van der Waals surface area contributed by atoms with E-state index in [1.165, 1.54) is 12.1 Å². The van der Waals surface area contributed by atoms with Crippen LogP contribution in [0.15, 0.2) is 42.5 Å². The van der Waals surface area contributed by atoms with Crippen molar-refractivity contribution in [1.82, 2.24) is 14.8 Å². The second-order valence-corrected chi connectivity index (χ2v) is 5.74. The fourth-order valence-electron chi connectivity index (χ4n) is 2.68. The van der Waals surface area contributed by atoms with Crippen molar-refractivity contribution in [3.8, 4) is 22.9 Å². The van der Waals surface area contributed by atoms with Crippen LogP contribution in [0.3, 0.4) is 0 Å². The Morgan fingerprint density at radius 3 is 2.52 bits per heavy atom. The summed E-state index contributed by atoms with van der Waals surface area (Å²) in [5.41, 5.74) is 4.36. The van der Waals surface area contributed by atoms with Crippen molar-refractivity contribution >= 4 is 5.69 Å². The van der Waals surface area contributed by atoms with E-state index in [-0.39, 0.29) is 5.75 Å². The van der Waals surface area contributed by atoms with E-state index in [2.05, 4.69) is 20.4 Å². The topological polar surface area (TPSA) is 87.2 Å². The van der Waals surface area contributed by atoms with E-state index in [1.807, 2.05) is 28.8 Å². The van der Waals surface area contributed by atoms with Crippen molar-refractivity contribution in [2.75, 3.05) is 12.5 Å². The number of hydrogen-bond acceptors (Lipinski definition) is 6. The van der Waals surface area contributed by atoms with E-state index >= 15 is 0 Å². The summed E-state index contributed by atoms with van der Waals surface area (Å²) in [5.74, 6) is 7.22. The molecular weight excluding hydrogens is 356 g/mol. The monoisotopic (exact) mass is 375 g/mol. The molecule has 0 amide bonds. The first-order valence-corrected chi connectivity index (χ1v) is 8.10. The van der Waals surface area contributed by atoms with Crippen LogP contribution < -0.4 is 20.7 Å². The number of nitrogens with two attached hydrogens (primary N) is 1. The maximum Gasteiger partial charge on any atom is 0.387 e. The van der Waals surface area contributed by atoms with E-state index in [9.17, 15) is 8.78 Å². The van der Waals surface area contributed by atoms with Gasteiger partial charge in [0.1, 0.15) is 17.3 Å². The number of nitrogens with one attached hydrogen (secondary N) is 1. The Kier molecular flexibility index (Phi) is 5.51. The normalized spacial score (nSPS) is 10.9. The lowest BCUT2D eigenvalue weighted by molar-refractivity contribution is -0.0494. The predicted octanol–water partition coefficient (Wildman–Crippen LogP) is 3.20. The molecule has 0 saturated carbocycles. The molecule has 0 aliphatic heterocycles. The van der Waals surface area contributed by atoms with Crippen LogP contribution in [0.2, 0.25) is 0 Å². The minimum absolute atomic E-state index is 0.00705. The Bertz CT molecular complexity index is 913. The predicted molar refractivity (Wildman–Crippen MR) is 96.7 cm³/mol. The van der Waals surface area contributed by atoms with Gasteiger partial charge in [0.2, 0.25) is 0 Å². The summed E-state index contributed by atoms with van der Waals surface area (Å²) in [5, 5.41) is 8.25. The number of ether oxygens (including phenoxy) is 2. The van der Waals surface area contributed by atoms with Crippen LogP contribution >= 0.6 is 0 Å². The van der Waals surface area contributed by atoms with Gasteiger partial charge in [0, 0.05) is 5.69 Å². The molecule has 3 N–H and O–H groups in total. The summed E-state index contributed by atoms with van der Waals surface area (Å²) < 4.78 is 37.2. The molecule has 3 aromatic rings. The van der Waals surface area contributed by atoms with E-state index in [4.69, 9.17) is 10.6 Å². The zero-order valence-electron chi connectivity index (χ0n) is 14.8. The molecule has 0 aliphatic carbocycles. The molecule has 0 bridgehead atoms. The number of nitrogen functional groups attached to an aromatic ring is 1. The SMILES string of the molecule is COc1ccc(Cn2c(C)nnc2-c2cc(NN)ccc2OC(F)F)cc1. The van der Waals surface area contributed by atoms with Gasteiger partial charge in [0.05, 0.1) is 19.2 Å². The van der Waals surface area contributed by atoms with Crippen molar-refractivity contribution in [3.05, 3.63) is 53.9 Å². The van der Waals surface area contributed by atoms with Gasteiger partial charge in [0.25, 0.3) is 0 Å². The molecule has 0 fully saturated rings. The highest BCUT2D eigenvalue weighted by Gasteiger charge is 2.19. The van der Waals surface area contributed by atoms with Gasteiger partial charge in [-0.2, -0.15) is 8.78 Å². The van der Waals surface area contributed by atoms with Gasteiger partial charge in [0.15, 0.2) is 5.82 Å². The third kappa shape index (κ3) is 4.14. The number of nitrogens with zero attached hydrogens (tertiary/aromatic N) is 3. The fraction of sp³-hybridized carbons (Fsp3) is 0.222. The van der Waals surface area contributed by atoms with E-state index < -0.39 is 6.61 Å². The number of rotatable bonds is 7. The molecule has 27 heavy (non-hydrogen) atoms. The van der Waals surface area contributed by atoms with Gasteiger partial charge in [-0.25, -0.2) is 0 Å². The number of aromatic nitrogens is 3. The number of benzene rings is 2. The number of anilines is 1. The number of methoxy groups -OCH3 is 1. The maximum absolute atomic E-state index is 12.8. The van der Waals surface area contributed by atoms with E-state index in [1.54, 1.807) is 20.1 Å². The van der Waals surface area contributed by atoms with Crippen LogP contribution in [0.1, 0.15) is 11.4 Å². The summed E-state index contributed by atoms with van der Waals surface area (Å²) in [4.78, 5) is 0. The molecule has 3 rings (SSSR count). The van der Waals surface area contributed by atoms with Crippen LogP contribution in [-0.2, 0) is 6.54 Å². The van der Waals surface area contributed by atoms with Crippen molar-refractivity contribution in [3.63, 3.8) is 0 Å². The number of aryl methyl sites for hydroxylation is 1. The quantitative estimate of drug-likeness (QED) is 0.487. The van der Waals surface area contributed by atoms with Crippen LogP contribution in [0.5, 0.6) is 11.5 Å². The molecule has 0 atom stereocenters. The second kappa shape index (κ2) is 8.00. The lowest BCUT2D eigenvalue weighted by Crippen LogP contribution is -2.10. The maximum atomic E-state index is 12.8. The number of alkyl halides is 2. The third-order valence-corrected chi connectivity index (χ3v) is 4.04. The van der Waals surface area contributed by atoms with Gasteiger partial charge >= 0.3 is 6.61 Å². The molecule has 9 heteroatoms. The molecular formula is C18H19F2N5O2. The molecule has 2 aromatic carbocycles. The van der Waals surface area contributed by atoms with Crippen molar-refractivity contribution in [1.29, 1.82) is 0 Å². The molecule has 7 nitrogen and oxygen atoms in total. The molecule has 0 spiro atoms. The Labute approximate surface area is 154 Å². The van der Waals surface area contributed by atoms with E-state index in [0.29, 0.717) is 29.4 Å². The number of hydrazine groups is 1. The largest absolute Gasteiger partial charge is 0.497 e. The minimum Gasteiger partial charge on any atom is -0.497 e. The van der Waals surface area contributed by atoms with Crippen molar-refractivity contribution in [2.24, 2.45) is 5.84 Å². The Morgan fingerprint density at radius 1 is 1.15 bits per heavy atom. The molecule has 0 saturated heterocycles. The summed E-state index contributed by atoms with van der Waals surface area (Å²) in [7, 11) is 1.60. The molecule has 142 valence electrons. The lowest BCUT2D eigenvalue weighted by atomic mass is 10.1. The van der Waals surface area contributed by atoms with Crippen LogP contribution in [0.4, 0.5) is 14.5 Å². The highest BCUT2D eigenvalue weighted by molar-refractivity contribution is 5.70. The highest BCUT2D eigenvalue weighted by Crippen LogP contribution is 2.33. The molecule has 1 heterocycles. The average molecular weight is 375 g/mol. The lowest BCUT2D eigenvalue weighted by Gasteiger charge is -2.14. The number of halogens is 2. The average Bonchev–Trinajstić information content (AvgIpc) is 3.02. The first kappa shape index (κ1) is 18.6. The standard InChI is InChI=1S/C18H19F2N5O2/c1-11-23-24-17(25(11)10-12-3-6-14(26-2)7-4-12)15-9-13(22-21)5-8-16(15)27-18(19)20/h3-9,18,22H,10,21H2,1-2H3. The summed E-state index contributed by atoms with van der Waals surface area (Å²) in [6.45, 7) is -0.717. The molecule has 1 aromatic heterocycles. The van der Waals surface area contributed by atoms with Crippen LogP contribution in [0, 0.1) is 6.92 Å². The van der Waals surface area contributed by atoms with Gasteiger partial charge in [-0.15, -0.1) is 10.2 Å². The first-order chi connectivity index (χ1) is 13.0. The summed E-state index contributed by atoms with van der Waals surface area (Å²) >= 11 is 0. The van der Waals surface area contributed by atoms with Gasteiger partial charge in [-0.05, 0) is 42.8 Å². The van der Waals surface area contributed by atoms with Crippen molar-refractivity contribution in [2.45, 2.75) is 20.1 Å². The zero-order chi connectivity index (χ0) is 19.4. The minimum atomic E-state index is -2.96. The fourth-order valence-corrected chi connectivity index (χ4v) is 2.68. The Morgan fingerprint density at radius 2 is 1.89 bits per heavy atom. The Hall–Kier alpha value is -3.20. The first-order valence-electron chi connectivity index (χ1n) is 8.10. The van der Waals surface area contributed by atoms with Crippen molar-refractivity contribution < 1.29 is 18.3 Å². The molecule has 0 aliphatic rings. The Balaban J connectivity index is 2.02. The summed E-state index contributed by atoms with van der Waals surface area (Å²) in [6.07, 6.45) is 0. The summed E-state index contributed by atoms with van der Waals surface area (Å²) in [6, 6.07) is 12.1. The van der Waals surface area contributed by atoms with Gasteiger partial charge in [-0.1, -0.05) is 12.1 Å². The zero-order valence-corrected chi connectivity index (χ0v) is 14.8. The molecule has 0 radical (unpaired) electrons. The smallest absolute Gasteiger partial charge is 0.387 e. The third-order valence-electron chi connectivity index (χ3n) is 4.04. The number of hydrogen-bond donors (Lipinski definition) is 2. The van der Waals surface area contributed by atoms with E-state index in [0.717, 1.165) is 11.3 Å². The molecule has 0 unspecified atom stereocenters. The second-order valence-electron chi connectivity index (χ2n) is 5.74. The van der Waals surface area contributed by atoms with Crippen LogP contribution in [-0.4, -0.2) is 28.5 Å². The van der Waals surface area contributed by atoms with Gasteiger partial charge < -0.3 is 19.5 Å².